The molecule has 32 heavy (non-hydrogen) atoms. The van der Waals surface area contributed by atoms with E-state index >= 15 is 0 Å². The SMILES string of the molecule is Cc1ccccc1Nc1nc(C)c(-c2nc3ccccc3s2)c(N[C@H]2CCC(CO)C2)n1. The molecule has 2 aromatic heterocycles. The van der Waals surface area contributed by atoms with Crippen LogP contribution in [-0.4, -0.2) is 32.7 Å². The van der Waals surface area contributed by atoms with Crippen LogP contribution in [0.25, 0.3) is 20.8 Å². The van der Waals surface area contributed by atoms with Crippen molar-refractivity contribution in [3.05, 3.63) is 59.8 Å². The highest BCUT2D eigenvalue weighted by Crippen LogP contribution is 2.38. The normalized spacial score (nSPS) is 18.2. The van der Waals surface area contributed by atoms with E-state index in [2.05, 4.69) is 29.7 Å². The van der Waals surface area contributed by atoms with Gasteiger partial charge >= 0.3 is 0 Å². The van der Waals surface area contributed by atoms with Crippen LogP contribution in [0.1, 0.15) is 30.5 Å². The van der Waals surface area contributed by atoms with E-state index in [9.17, 15) is 5.11 Å². The van der Waals surface area contributed by atoms with Crippen LogP contribution in [0.3, 0.4) is 0 Å². The molecule has 0 aliphatic heterocycles. The minimum Gasteiger partial charge on any atom is -0.396 e. The number of benzene rings is 2. The molecule has 6 nitrogen and oxygen atoms in total. The number of aliphatic hydroxyl groups excluding tert-OH is 1. The lowest BCUT2D eigenvalue weighted by Gasteiger charge is -2.18. The molecule has 4 aromatic rings. The number of aryl methyl sites for hydroxylation is 2. The molecule has 2 heterocycles. The first-order valence-electron chi connectivity index (χ1n) is 11.1. The molecule has 2 aromatic carbocycles. The number of nitrogens with one attached hydrogen (secondary N) is 2. The lowest BCUT2D eigenvalue weighted by atomic mass is 10.1. The Labute approximate surface area is 191 Å². The van der Waals surface area contributed by atoms with Crippen LogP contribution in [0.15, 0.2) is 48.5 Å². The number of hydrogen-bond acceptors (Lipinski definition) is 7. The number of aliphatic hydroxyl groups is 1. The van der Waals surface area contributed by atoms with Gasteiger partial charge in [0.1, 0.15) is 10.8 Å². The predicted molar refractivity (Wildman–Crippen MR) is 132 cm³/mol. The Morgan fingerprint density at radius 1 is 1.00 bits per heavy atom. The number of thiazole rings is 1. The zero-order valence-corrected chi connectivity index (χ0v) is 19.1. The van der Waals surface area contributed by atoms with Crippen molar-refractivity contribution in [2.24, 2.45) is 5.92 Å². The second kappa shape index (κ2) is 8.84. The smallest absolute Gasteiger partial charge is 0.229 e. The first kappa shape index (κ1) is 20.8. The summed E-state index contributed by atoms with van der Waals surface area (Å²) in [4.78, 5) is 14.6. The quantitative estimate of drug-likeness (QED) is 0.354. The van der Waals surface area contributed by atoms with Gasteiger partial charge in [-0.2, -0.15) is 4.98 Å². The molecule has 0 saturated heterocycles. The summed E-state index contributed by atoms with van der Waals surface area (Å²) < 4.78 is 1.15. The summed E-state index contributed by atoms with van der Waals surface area (Å²) in [7, 11) is 0. The minimum atomic E-state index is 0.242. The van der Waals surface area contributed by atoms with Crippen LogP contribution in [0.2, 0.25) is 0 Å². The van der Waals surface area contributed by atoms with E-state index in [4.69, 9.17) is 15.0 Å². The maximum absolute atomic E-state index is 9.57. The summed E-state index contributed by atoms with van der Waals surface area (Å²) in [5.74, 6) is 1.72. The summed E-state index contributed by atoms with van der Waals surface area (Å²) >= 11 is 1.66. The van der Waals surface area contributed by atoms with E-state index in [-0.39, 0.29) is 12.6 Å². The lowest BCUT2D eigenvalue weighted by molar-refractivity contribution is 0.229. The van der Waals surface area contributed by atoms with Crippen molar-refractivity contribution in [3.8, 4) is 10.6 Å². The molecule has 0 radical (unpaired) electrons. The van der Waals surface area contributed by atoms with E-state index in [0.717, 1.165) is 62.8 Å². The first-order valence-corrected chi connectivity index (χ1v) is 11.9. The fourth-order valence-corrected chi connectivity index (χ4v) is 5.43. The third kappa shape index (κ3) is 4.18. The lowest BCUT2D eigenvalue weighted by Crippen LogP contribution is -2.19. The Kier molecular flexibility index (Phi) is 5.76. The molecule has 0 bridgehead atoms. The van der Waals surface area contributed by atoms with Crippen LogP contribution < -0.4 is 10.6 Å². The summed E-state index contributed by atoms with van der Waals surface area (Å²) in [6.07, 6.45) is 3.00. The van der Waals surface area contributed by atoms with Gasteiger partial charge in [-0.25, -0.2) is 9.97 Å². The number of fused-ring (bicyclic) bond motifs is 1. The van der Waals surface area contributed by atoms with Crippen molar-refractivity contribution in [2.45, 2.75) is 39.2 Å². The first-order chi connectivity index (χ1) is 15.6. The highest BCUT2D eigenvalue weighted by Gasteiger charge is 2.26. The molecule has 1 saturated carbocycles. The fraction of sp³-hybridized carbons (Fsp3) is 0.320. The molecule has 3 N–H and O–H groups in total. The minimum absolute atomic E-state index is 0.242. The van der Waals surface area contributed by atoms with Crippen LogP contribution in [-0.2, 0) is 0 Å². The van der Waals surface area contributed by atoms with Gasteiger partial charge in [0.15, 0.2) is 0 Å². The van der Waals surface area contributed by atoms with Gasteiger partial charge in [0.05, 0.1) is 21.5 Å². The van der Waals surface area contributed by atoms with Gasteiger partial charge in [0.2, 0.25) is 5.95 Å². The molecule has 1 fully saturated rings. The van der Waals surface area contributed by atoms with E-state index in [0.29, 0.717) is 11.9 Å². The Morgan fingerprint density at radius 2 is 1.81 bits per heavy atom. The average Bonchev–Trinajstić information content (AvgIpc) is 3.41. The number of anilines is 3. The second-order valence-electron chi connectivity index (χ2n) is 8.49. The third-order valence-electron chi connectivity index (χ3n) is 6.13. The molecule has 1 unspecified atom stereocenters. The van der Waals surface area contributed by atoms with E-state index in [1.54, 1.807) is 11.3 Å². The highest BCUT2D eigenvalue weighted by atomic mass is 32.1. The standard InChI is InChI=1S/C25H27N5OS/c1-15-7-3-4-8-19(15)29-25-26-16(2)22(24-28-20-9-5-6-10-21(20)32-24)23(30-25)27-18-12-11-17(13-18)14-31/h3-10,17-18,31H,11-14H2,1-2H3,(H2,26,27,29,30)/t17?,18-/m0/s1. The maximum atomic E-state index is 9.57. The van der Waals surface area contributed by atoms with E-state index in [1.165, 1.54) is 0 Å². The Bertz CT molecular complexity index is 1220. The number of para-hydroxylation sites is 2. The van der Waals surface area contributed by atoms with Gasteiger partial charge in [-0.1, -0.05) is 30.3 Å². The molecule has 0 spiro atoms. The van der Waals surface area contributed by atoms with Gasteiger partial charge in [-0.3, -0.25) is 0 Å². The Hall–Kier alpha value is -3.03. The van der Waals surface area contributed by atoms with Crippen LogP contribution >= 0.6 is 11.3 Å². The molecule has 7 heteroatoms. The number of aromatic nitrogens is 3. The van der Waals surface area contributed by atoms with Crippen molar-refractivity contribution in [2.75, 3.05) is 17.2 Å². The number of rotatable bonds is 6. The molecular weight excluding hydrogens is 418 g/mol. The van der Waals surface area contributed by atoms with Crippen molar-refractivity contribution < 1.29 is 5.11 Å². The monoisotopic (exact) mass is 445 g/mol. The van der Waals surface area contributed by atoms with E-state index < -0.39 is 0 Å². The molecule has 164 valence electrons. The van der Waals surface area contributed by atoms with Crippen molar-refractivity contribution in [1.82, 2.24) is 15.0 Å². The van der Waals surface area contributed by atoms with Gasteiger partial charge in [-0.15, -0.1) is 11.3 Å². The van der Waals surface area contributed by atoms with Crippen LogP contribution in [0.5, 0.6) is 0 Å². The molecule has 0 amide bonds. The van der Waals surface area contributed by atoms with Crippen molar-refractivity contribution in [3.63, 3.8) is 0 Å². The van der Waals surface area contributed by atoms with Crippen molar-refractivity contribution >= 4 is 39.0 Å². The zero-order chi connectivity index (χ0) is 22.1. The highest BCUT2D eigenvalue weighted by molar-refractivity contribution is 7.21. The number of hydrogen-bond donors (Lipinski definition) is 3. The van der Waals surface area contributed by atoms with Gasteiger partial charge < -0.3 is 15.7 Å². The van der Waals surface area contributed by atoms with Crippen molar-refractivity contribution in [1.29, 1.82) is 0 Å². The Balaban J connectivity index is 1.55. The summed E-state index contributed by atoms with van der Waals surface area (Å²) in [6, 6.07) is 16.6. The fourth-order valence-electron chi connectivity index (χ4n) is 4.37. The van der Waals surface area contributed by atoms with Gasteiger partial charge in [0.25, 0.3) is 0 Å². The largest absolute Gasteiger partial charge is 0.396 e. The van der Waals surface area contributed by atoms with Crippen LogP contribution in [0.4, 0.5) is 17.5 Å². The Morgan fingerprint density at radius 3 is 2.59 bits per heavy atom. The summed E-state index contributed by atoms with van der Waals surface area (Å²) in [5.41, 5.74) is 4.95. The molecule has 1 aliphatic rings. The zero-order valence-electron chi connectivity index (χ0n) is 18.3. The third-order valence-corrected chi connectivity index (χ3v) is 7.18. The molecule has 1 aliphatic carbocycles. The predicted octanol–water partition coefficient (Wildman–Crippen LogP) is 5.69. The second-order valence-corrected chi connectivity index (χ2v) is 9.52. The summed E-state index contributed by atoms with van der Waals surface area (Å²) in [5, 5.41) is 17.5. The van der Waals surface area contributed by atoms with E-state index in [1.807, 2.05) is 43.3 Å². The molecular formula is C25H27N5OS. The average molecular weight is 446 g/mol. The topological polar surface area (TPSA) is 83.0 Å². The van der Waals surface area contributed by atoms with Crippen LogP contribution in [0, 0.1) is 19.8 Å². The summed E-state index contributed by atoms with van der Waals surface area (Å²) in [6.45, 7) is 4.33. The number of nitrogens with zero attached hydrogens (tertiary/aromatic N) is 3. The molecule has 2 atom stereocenters. The maximum Gasteiger partial charge on any atom is 0.229 e. The molecule has 5 rings (SSSR count). The van der Waals surface area contributed by atoms with Gasteiger partial charge in [-0.05, 0) is 62.8 Å². The van der Waals surface area contributed by atoms with Gasteiger partial charge in [0, 0.05) is 18.3 Å².